The molecule has 1 aromatic carbocycles. The van der Waals surface area contributed by atoms with Crippen LogP contribution >= 0.6 is 11.8 Å². The third-order valence-electron chi connectivity index (χ3n) is 4.12. The summed E-state index contributed by atoms with van der Waals surface area (Å²) in [5.41, 5.74) is 0. The van der Waals surface area contributed by atoms with E-state index in [0.29, 0.717) is 0 Å². The fraction of sp³-hybridized carbons (Fsp3) is 0.588. The number of hydrogen-bond acceptors (Lipinski definition) is 3. The number of carbonyl (C=O) groups is 1. The fourth-order valence-electron chi connectivity index (χ4n) is 2.65. The van der Waals surface area contributed by atoms with Crippen LogP contribution in [0.4, 0.5) is 0 Å². The molecule has 0 spiro atoms. The van der Waals surface area contributed by atoms with Gasteiger partial charge >= 0.3 is 0 Å². The number of nitrogens with zero attached hydrogens (tertiary/aromatic N) is 1. The van der Waals surface area contributed by atoms with Gasteiger partial charge in [0.2, 0.25) is 5.91 Å². The van der Waals surface area contributed by atoms with Crippen molar-refractivity contribution < 1.29 is 4.79 Å². The molecule has 1 aromatic rings. The first kappa shape index (κ1) is 16.4. The normalized spacial score (nSPS) is 18.4. The molecule has 21 heavy (non-hydrogen) atoms. The number of piperidine rings is 1. The molecular formula is C17H26N2OS. The lowest BCUT2D eigenvalue weighted by Crippen LogP contribution is -2.35. The number of nitrogens with one attached hydrogen (secondary N) is 1. The molecule has 1 atom stereocenters. The minimum Gasteiger partial charge on any atom is -0.355 e. The highest BCUT2D eigenvalue weighted by Crippen LogP contribution is 2.23. The van der Waals surface area contributed by atoms with Crippen LogP contribution in [0.3, 0.4) is 0 Å². The van der Waals surface area contributed by atoms with Crippen molar-refractivity contribution in [2.24, 2.45) is 5.92 Å². The van der Waals surface area contributed by atoms with Crippen molar-refractivity contribution in [1.82, 2.24) is 10.2 Å². The van der Waals surface area contributed by atoms with E-state index in [2.05, 4.69) is 17.3 Å². The number of hydrogen-bond donors (Lipinski definition) is 1. The summed E-state index contributed by atoms with van der Waals surface area (Å²) in [6, 6.07) is 10.1. The van der Waals surface area contributed by atoms with Gasteiger partial charge in [-0.05, 0) is 64.4 Å². The zero-order valence-electron chi connectivity index (χ0n) is 13.0. The number of carbonyl (C=O) groups excluding carboxylic acids is 1. The van der Waals surface area contributed by atoms with E-state index >= 15 is 0 Å². The van der Waals surface area contributed by atoms with Crippen molar-refractivity contribution in [2.75, 3.05) is 26.7 Å². The quantitative estimate of drug-likeness (QED) is 0.820. The zero-order chi connectivity index (χ0) is 15.1. The monoisotopic (exact) mass is 306 g/mol. The van der Waals surface area contributed by atoms with Crippen LogP contribution < -0.4 is 5.32 Å². The molecule has 0 bridgehead atoms. The Morgan fingerprint density at radius 2 is 2.00 bits per heavy atom. The summed E-state index contributed by atoms with van der Waals surface area (Å²) in [6.07, 6.45) is 3.64. The SMILES string of the molecule is CC(Sc1ccccc1)C(=O)NCCC1CCN(C)CC1. The standard InChI is InChI=1S/C17H26N2OS/c1-14(21-16-6-4-3-5-7-16)17(20)18-11-8-15-9-12-19(2)13-10-15/h3-7,14-15H,8-13H2,1-2H3,(H,18,20). The van der Waals surface area contributed by atoms with Crippen LogP contribution in [0, 0.1) is 5.92 Å². The van der Waals surface area contributed by atoms with E-state index in [-0.39, 0.29) is 11.2 Å². The predicted molar refractivity (Wildman–Crippen MR) is 89.6 cm³/mol. The van der Waals surface area contributed by atoms with E-state index < -0.39 is 0 Å². The highest BCUT2D eigenvalue weighted by Gasteiger charge is 2.18. The molecule has 0 aliphatic carbocycles. The Labute approximate surface area is 132 Å². The summed E-state index contributed by atoms with van der Waals surface area (Å²) < 4.78 is 0. The van der Waals surface area contributed by atoms with Gasteiger partial charge in [0.1, 0.15) is 0 Å². The maximum absolute atomic E-state index is 12.1. The largest absolute Gasteiger partial charge is 0.355 e. The van der Waals surface area contributed by atoms with Gasteiger partial charge in [-0.1, -0.05) is 18.2 Å². The number of thioether (sulfide) groups is 1. The molecule has 0 saturated carbocycles. The predicted octanol–water partition coefficient (Wildman–Crippen LogP) is 3.02. The van der Waals surface area contributed by atoms with Crippen LogP contribution in [-0.4, -0.2) is 42.7 Å². The fourth-order valence-corrected chi connectivity index (χ4v) is 3.56. The van der Waals surface area contributed by atoms with Gasteiger partial charge in [-0.15, -0.1) is 11.8 Å². The van der Waals surface area contributed by atoms with Gasteiger partial charge in [0, 0.05) is 11.4 Å². The Kier molecular flexibility index (Phi) is 6.58. The molecule has 1 N–H and O–H groups in total. The second-order valence-electron chi connectivity index (χ2n) is 5.90. The second-order valence-corrected chi connectivity index (χ2v) is 7.31. The summed E-state index contributed by atoms with van der Waals surface area (Å²) in [4.78, 5) is 15.6. The highest BCUT2D eigenvalue weighted by atomic mass is 32.2. The highest BCUT2D eigenvalue weighted by molar-refractivity contribution is 8.00. The summed E-state index contributed by atoms with van der Waals surface area (Å²) >= 11 is 1.62. The summed E-state index contributed by atoms with van der Waals surface area (Å²) in [7, 11) is 2.18. The molecule has 0 radical (unpaired) electrons. The van der Waals surface area contributed by atoms with Gasteiger partial charge in [0.15, 0.2) is 0 Å². The van der Waals surface area contributed by atoms with Crippen molar-refractivity contribution >= 4 is 17.7 Å². The molecule has 1 fully saturated rings. The van der Waals surface area contributed by atoms with Crippen LogP contribution in [0.1, 0.15) is 26.2 Å². The summed E-state index contributed by atoms with van der Waals surface area (Å²) in [5.74, 6) is 0.926. The average molecular weight is 306 g/mol. The molecule has 1 heterocycles. The first-order chi connectivity index (χ1) is 10.1. The van der Waals surface area contributed by atoms with Crippen molar-refractivity contribution in [3.63, 3.8) is 0 Å². The molecule has 2 rings (SSSR count). The minimum absolute atomic E-state index is 0.0371. The zero-order valence-corrected chi connectivity index (χ0v) is 13.9. The summed E-state index contributed by atoms with van der Waals surface area (Å²) in [5, 5.41) is 3.05. The Balaban J connectivity index is 1.65. The number of likely N-dealkylation sites (tertiary alicyclic amines) is 1. The van der Waals surface area contributed by atoms with Crippen molar-refractivity contribution in [3.8, 4) is 0 Å². The smallest absolute Gasteiger partial charge is 0.233 e. The topological polar surface area (TPSA) is 32.3 Å². The van der Waals surface area contributed by atoms with Crippen LogP contribution in [0.25, 0.3) is 0 Å². The van der Waals surface area contributed by atoms with E-state index in [9.17, 15) is 4.79 Å². The first-order valence-corrected chi connectivity index (χ1v) is 8.71. The second kappa shape index (κ2) is 8.44. The maximum atomic E-state index is 12.1. The third-order valence-corrected chi connectivity index (χ3v) is 5.23. The molecule has 1 unspecified atom stereocenters. The lowest BCUT2D eigenvalue weighted by Gasteiger charge is -2.29. The van der Waals surface area contributed by atoms with Crippen molar-refractivity contribution in [3.05, 3.63) is 30.3 Å². The summed E-state index contributed by atoms with van der Waals surface area (Å²) in [6.45, 7) is 5.17. The van der Waals surface area contributed by atoms with E-state index in [1.165, 1.54) is 25.9 Å². The van der Waals surface area contributed by atoms with Gasteiger partial charge < -0.3 is 10.2 Å². The first-order valence-electron chi connectivity index (χ1n) is 7.83. The van der Waals surface area contributed by atoms with Crippen LogP contribution in [0.5, 0.6) is 0 Å². The van der Waals surface area contributed by atoms with Crippen molar-refractivity contribution in [1.29, 1.82) is 0 Å². The molecular weight excluding hydrogens is 280 g/mol. The molecule has 116 valence electrons. The van der Waals surface area contributed by atoms with E-state index in [4.69, 9.17) is 0 Å². The molecule has 4 heteroatoms. The molecule has 1 saturated heterocycles. The molecule has 1 aliphatic rings. The molecule has 1 aliphatic heterocycles. The third kappa shape index (κ3) is 5.71. The Morgan fingerprint density at radius 1 is 1.33 bits per heavy atom. The van der Waals surface area contributed by atoms with Crippen molar-refractivity contribution in [2.45, 2.75) is 36.3 Å². The lowest BCUT2D eigenvalue weighted by atomic mass is 9.94. The van der Waals surface area contributed by atoms with E-state index in [1.54, 1.807) is 11.8 Å². The number of benzene rings is 1. The van der Waals surface area contributed by atoms with Gasteiger partial charge in [-0.25, -0.2) is 0 Å². The van der Waals surface area contributed by atoms with Gasteiger partial charge in [0.05, 0.1) is 5.25 Å². The van der Waals surface area contributed by atoms with Crippen LogP contribution in [0.2, 0.25) is 0 Å². The maximum Gasteiger partial charge on any atom is 0.233 e. The number of rotatable bonds is 6. The molecule has 1 amide bonds. The molecule has 3 nitrogen and oxygen atoms in total. The van der Waals surface area contributed by atoms with E-state index in [1.807, 2.05) is 37.3 Å². The Morgan fingerprint density at radius 3 is 2.67 bits per heavy atom. The number of amides is 1. The van der Waals surface area contributed by atoms with E-state index in [0.717, 1.165) is 23.8 Å². The Bertz CT molecular complexity index is 430. The van der Waals surface area contributed by atoms with Gasteiger partial charge in [-0.3, -0.25) is 4.79 Å². The minimum atomic E-state index is -0.0371. The average Bonchev–Trinajstić information content (AvgIpc) is 2.50. The van der Waals surface area contributed by atoms with Crippen LogP contribution in [0.15, 0.2) is 35.2 Å². The Hall–Kier alpha value is -1.00. The van der Waals surface area contributed by atoms with Gasteiger partial charge in [0.25, 0.3) is 0 Å². The molecule has 0 aromatic heterocycles. The van der Waals surface area contributed by atoms with Crippen LogP contribution in [-0.2, 0) is 4.79 Å². The van der Waals surface area contributed by atoms with Gasteiger partial charge in [-0.2, -0.15) is 0 Å². The lowest BCUT2D eigenvalue weighted by molar-refractivity contribution is -0.120.